The molecule has 4 aromatic rings. The van der Waals surface area contributed by atoms with Gasteiger partial charge in [0.1, 0.15) is 23.3 Å². The highest BCUT2D eigenvalue weighted by atomic mass is 32.1. The Bertz CT molecular complexity index is 1290. The Morgan fingerprint density at radius 2 is 1.74 bits per heavy atom. The van der Waals surface area contributed by atoms with Crippen molar-refractivity contribution in [3.63, 3.8) is 0 Å². The summed E-state index contributed by atoms with van der Waals surface area (Å²) in [6.45, 7) is 3.93. The van der Waals surface area contributed by atoms with Crippen LogP contribution in [0, 0.1) is 5.92 Å². The van der Waals surface area contributed by atoms with E-state index in [-0.39, 0.29) is 18.4 Å². The summed E-state index contributed by atoms with van der Waals surface area (Å²) in [6.07, 6.45) is 0. The van der Waals surface area contributed by atoms with Gasteiger partial charge in [0.2, 0.25) is 5.91 Å². The highest BCUT2D eigenvalue weighted by Crippen LogP contribution is 2.31. The van der Waals surface area contributed by atoms with Gasteiger partial charge in [0, 0.05) is 11.6 Å². The normalized spacial score (nSPS) is 11.9. The molecule has 2 amide bonds. The van der Waals surface area contributed by atoms with E-state index in [0.29, 0.717) is 28.6 Å². The second kappa shape index (κ2) is 10.6. The number of thiazole rings is 1. The maximum atomic E-state index is 12.9. The van der Waals surface area contributed by atoms with Crippen molar-refractivity contribution in [2.45, 2.75) is 26.4 Å². The molecular weight excluding hydrogens is 466 g/mol. The van der Waals surface area contributed by atoms with Crippen LogP contribution in [-0.4, -0.2) is 37.1 Å². The Morgan fingerprint density at radius 1 is 1.03 bits per heavy atom. The molecule has 0 bridgehead atoms. The predicted octanol–water partition coefficient (Wildman–Crippen LogP) is 4.64. The molecule has 0 saturated heterocycles. The van der Waals surface area contributed by atoms with E-state index >= 15 is 0 Å². The number of amides is 2. The molecule has 2 heterocycles. The Balaban J connectivity index is 1.41. The number of hydrogen-bond acceptors (Lipinski definition) is 7. The molecule has 1 unspecified atom stereocenters. The van der Waals surface area contributed by atoms with Gasteiger partial charge in [-0.05, 0) is 42.3 Å². The molecule has 0 aliphatic rings. The van der Waals surface area contributed by atoms with Gasteiger partial charge in [-0.2, -0.15) is 0 Å². The van der Waals surface area contributed by atoms with Gasteiger partial charge in [-0.25, -0.2) is 4.98 Å². The van der Waals surface area contributed by atoms with Crippen LogP contribution in [0.25, 0.3) is 21.0 Å². The molecular formula is C26H27N3O5S. The summed E-state index contributed by atoms with van der Waals surface area (Å²) < 4.78 is 17.5. The second-order valence-electron chi connectivity index (χ2n) is 8.27. The van der Waals surface area contributed by atoms with Crippen LogP contribution in [0.3, 0.4) is 0 Å². The van der Waals surface area contributed by atoms with Gasteiger partial charge in [-0.3, -0.25) is 9.59 Å². The van der Waals surface area contributed by atoms with E-state index in [1.165, 1.54) is 14.2 Å². The number of methoxy groups -OCH3 is 2. The molecule has 2 aromatic carbocycles. The maximum absolute atomic E-state index is 12.9. The summed E-state index contributed by atoms with van der Waals surface area (Å²) in [5, 5.41) is 6.46. The summed E-state index contributed by atoms with van der Waals surface area (Å²) in [7, 11) is 3.02. The minimum absolute atomic E-state index is 0.138. The van der Waals surface area contributed by atoms with E-state index in [1.807, 2.05) is 50.2 Å². The van der Waals surface area contributed by atoms with Crippen LogP contribution in [0.4, 0.5) is 0 Å². The van der Waals surface area contributed by atoms with E-state index in [2.05, 4.69) is 15.6 Å². The number of para-hydroxylation sites is 1. The second-order valence-corrected chi connectivity index (χ2v) is 9.30. The topological polar surface area (TPSA) is 103 Å². The molecule has 0 fully saturated rings. The monoisotopic (exact) mass is 493 g/mol. The van der Waals surface area contributed by atoms with E-state index in [9.17, 15) is 9.59 Å². The third-order valence-electron chi connectivity index (χ3n) is 5.45. The fourth-order valence-corrected chi connectivity index (χ4v) is 4.48. The number of benzene rings is 2. The minimum Gasteiger partial charge on any atom is -0.497 e. The highest BCUT2D eigenvalue weighted by Gasteiger charge is 2.25. The molecule has 9 heteroatoms. The fraction of sp³-hybridized carbons (Fsp3) is 0.269. The fourth-order valence-electron chi connectivity index (χ4n) is 3.55. The standard InChI is InChI=1S/C26H27N3O5S/c1-15(2)23(29-24(30)16-11-18(32-3)13-19(12-16)33-4)25(31)27-14-17-9-10-21(34-17)26-28-20-7-5-6-8-22(20)35-26/h5-13,15,23H,14H2,1-4H3,(H,27,31)(H,29,30). The highest BCUT2D eigenvalue weighted by molar-refractivity contribution is 7.21. The number of fused-ring (bicyclic) bond motifs is 1. The average molecular weight is 494 g/mol. The third-order valence-corrected chi connectivity index (χ3v) is 6.50. The summed E-state index contributed by atoms with van der Waals surface area (Å²) in [4.78, 5) is 30.4. The molecule has 0 radical (unpaired) electrons. The van der Waals surface area contributed by atoms with Gasteiger partial charge in [-0.1, -0.05) is 26.0 Å². The van der Waals surface area contributed by atoms with Gasteiger partial charge in [0.15, 0.2) is 10.8 Å². The zero-order valence-corrected chi connectivity index (χ0v) is 20.8. The molecule has 4 rings (SSSR count). The van der Waals surface area contributed by atoms with E-state index in [4.69, 9.17) is 13.9 Å². The predicted molar refractivity (Wildman–Crippen MR) is 135 cm³/mol. The van der Waals surface area contributed by atoms with Crippen LogP contribution in [-0.2, 0) is 11.3 Å². The number of aromatic nitrogens is 1. The number of nitrogens with zero attached hydrogens (tertiary/aromatic N) is 1. The van der Waals surface area contributed by atoms with Gasteiger partial charge in [0.25, 0.3) is 5.91 Å². The van der Waals surface area contributed by atoms with Crippen molar-refractivity contribution in [3.8, 4) is 22.3 Å². The summed E-state index contributed by atoms with van der Waals surface area (Å²) >= 11 is 1.55. The molecule has 1 atom stereocenters. The zero-order valence-electron chi connectivity index (χ0n) is 20.0. The molecule has 0 saturated carbocycles. The lowest BCUT2D eigenvalue weighted by Gasteiger charge is -2.21. The molecule has 2 aromatic heterocycles. The van der Waals surface area contributed by atoms with E-state index < -0.39 is 11.9 Å². The van der Waals surface area contributed by atoms with Gasteiger partial charge < -0.3 is 24.5 Å². The number of furan rings is 1. The van der Waals surface area contributed by atoms with Crippen LogP contribution < -0.4 is 20.1 Å². The molecule has 8 nitrogen and oxygen atoms in total. The molecule has 0 aliphatic heterocycles. The summed E-state index contributed by atoms with van der Waals surface area (Å²) in [5.74, 6) is 1.38. The van der Waals surface area contributed by atoms with Gasteiger partial charge in [-0.15, -0.1) is 11.3 Å². The Labute approximate surface area is 207 Å². The first kappa shape index (κ1) is 24.3. The first-order valence-electron chi connectivity index (χ1n) is 11.1. The van der Waals surface area contributed by atoms with Crippen molar-refractivity contribution < 1.29 is 23.5 Å². The average Bonchev–Trinajstić information content (AvgIpc) is 3.52. The molecule has 182 valence electrons. The molecule has 2 N–H and O–H groups in total. The summed E-state index contributed by atoms with van der Waals surface area (Å²) in [6, 6.07) is 15.7. The van der Waals surface area contributed by atoms with Crippen LogP contribution in [0.5, 0.6) is 11.5 Å². The van der Waals surface area contributed by atoms with Crippen molar-refractivity contribution in [2.75, 3.05) is 14.2 Å². The Hall–Kier alpha value is -3.85. The first-order chi connectivity index (χ1) is 16.9. The SMILES string of the molecule is COc1cc(OC)cc(C(=O)NC(C(=O)NCc2ccc(-c3nc4ccccc4s3)o2)C(C)C)c1. The minimum atomic E-state index is -0.738. The lowest BCUT2D eigenvalue weighted by molar-refractivity contribution is -0.124. The lowest BCUT2D eigenvalue weighted by Crippen LogP contribution is -2.49. The number of nitrogens with one attached hydrogen (secondary N) is 2. The largest absolute Gasteiger partial charge is 0.497 e. The molecule has 35 heavy (non-hydrogen) atoms. The van der Waals surface area contributed by atoms with Crippen molar-refractivity contribution in [1.82, 2.24) is 15.6 Å². The summed E-state index contributed by atoms with van der Waals surface area (Å²) in [5.41, 5.74) is 1.26. The van der Waals surface area contributed by atoms with Crippen molar-refractivity contribution in [3.05, 3.63) is 65.9 Å². The van der Waals surface area contributed by atoms with Crippen LogP contribution in [0.2, 0.25) is 0 Å². The maximum Gasteiger partial charge on any atom is 0.252 e. The number of carbonyl (C=O) groups is 2. The van der Waals surface area contributed by atoms with E-state index in [1.54, 1.807) is 29.5 Å². The third kappa shape index (κ3) is 5.63. The molecule has 0 spiro atoms. The van der Waals surface area contributed by atoms with Crippen LogP contribution in [0.15, 0.2) is 59.0 Å². The number of carbonyl (C=O) groups excluding carboxylic acids is 2. The lowest BCUT2D eigenvalue weighted by atomic mass is 10.0. The first-order valence-corrected chi connectivity index (χ1v) is 12.0. The van der Waals surface area contributed by atoms with Gasteiger partial charge >= 0.3 is 0 Å². The quantitative estimate of drug-likeness (QED) is 0.352. The Kier molecular flexibility index (Phi) is 7.36. The smallest absolute Gasteiger partial charge is 0.252 e. The van der Waals surface area contributed by atoms with Crippen molar-refractivity contribution >= 4 is 33.4 Å². The zero-order chi connectivity index (χ0) is 24.9. The Morgan fingerprint density at radius 3 is 2.40 bits per heavy atom. The number of ether oxygens (including phenoxy) is 2. The number of hydrogen-bond donors (Lipinski definition) is 2. The van der Waals surface area contributed by atoms with Crippen LogP contribution >= 0.6 is 11.3 Å². The van der Waals surface area contributed by atoms with Crippen molar-refractivity contribution in [1.29, 1.82) is 0 Å². The van der Waals surface area contributed by atoms with Crippen molar-refractivity contribution in [2.24, 2.45) is 5.92 Å². The number of rotatable bonds is 9. The molecule has 0 aliphatic carbocycles. The van der Waals surface area contributed by atoms with Gasteiger partial charge in [0.05, 0.1) is 31.0 Å². The van der Waals surface area contributed by atoms with Crippen LogP contribution in [0.1, 0.15) is 30.0 Å². The van der Waals surface area contributed by atoms with E-state index in [0.717, 1.165) is 15.2 Å².